The van der Waals surface area contributed by atoms with E-state index in [0.29, 0.717) is 16.7 Å². The summed E-state index contributed by atoms with van der Waals surface area (Å²) in [5.41, 5.74) is 2.24. The minimum atomic E-state index is -4.72. The number of rotatable bonds is 7. The van der Waals surface area contributed by atoms with Gasteiger partial charge in [0.1, 0.15) is 11.4 Å². The molecule has 2 aliphatic rings. The summed E-state index contributed by atoms with van der Waals surface area (Å²) >= 11 is 1.37. The molecule has 36 heavy (non-hydrogen) atoms. The molecule has 2 saturated heterocycles. The molecule has 7 nitrogen and oxygen atoms in total. The van der Waals surface area contributed by atoms with Crippen molar-refractivity contribution in [2.24, 2.45) is 5.92 Å². The van der Waals surface area contributed by atoms with Crippen LogP contribution in [0.2, 0.25) is 0 Å². The van der Waals surface area contributed by atoms with Crippen LogP contribution in [0.3, 0.4) is 0 Å². The number of amides is 1. The van der Waals surface area contributed by atoms with Gasteiger partial charge in [-0.15, -0.1) is 24.5 Å². The highest BCUT2D eigenvalue weighted by Crippen LogP contribution is 2.38. The molecule has 0 bridgehead atoms. The minimum absolute atomic E-state index is 0.0151. The van der Waals surface area contributed by atoms with Gasteiger partial charge < -0.3 is 18.9 Å². The first kappa shape index (κ1) is 24.6. The molecule has 0 spiro atoms. The number of anilines is 2. The average molecular weight is 521 g/mol. The van der Waals surface area contributed by atoms with Crippen molar-refractivity contribution in [1.82, 2.24) is 9.55 Å². The molecule has 1 aromatic carbocycles. The van der Waals surface area contributed by atoms with Gasteiger partial charge in [-0.3, -0.25) is 10.1 Å². The van der Waals surface area contributed by atoms with E-state index >= 15 is 0 Å². The number of benzene rings is 1. The minimum Gasteiger partial charge on any atom is -0.406 e. The third-order valence-electron chi connectivity index (χ3n) is 6.60. The van der Waals surface area contributed by atoms with E-state index in [4.69, 9.17) is 4.74 Å². The lowest BCUT2D eigenvalue weighted by Gasteiger charge is -2.25. The Morgan fingerprint density at radius 3 is 2.69 bits per heavy atom. The van der Waals surface area contributed by atoms with Crippen molar-refractivity contribution in [3.8, 4) is 5.75 Å². The zero-order valence-electron chi connectivity index (χ0n) is 19.5. The number of nitrogens with one attached hydrogen (secondary N) is 1. The van der Waals surface area contributed by atoms with E-state index < -0.39 is 6.36 Å². The zero-order chi connectivity index (χ0) is 25.1. The molecule has 0 aliphatic carbocycles. The van der Waals surface area contributed by atoms with Crippen molar-refractivity contribution in [1.29, 1.82) is 0 Å². The van der Waals surface area contributed by atoms with Crippen molar-refractivity contribution < 1.29 is 27.4 Å². The van der Waals surface area contributed by atoms with E-state index in [-0.39, 0.29) is 17.7 Å². The zero-order valence-corrected chi connectivity index (χ0v) is 20.4. The van der Waals surface area contributed by atoms with Crippen molar-refractivity contribution in [2.75, 3.05) is 30.0 Å². The van der Waals surface area contributed by atoms with Crippen LogP contribution < -0.4 is 15.0 Å². The molecule has 1 N–H and O–H groups in total. The first-order chi connectivity index (χ1) is 17.4. The van der Waals surface area contributed by atoms with Gasteiger partial charge in [0.2, 0.25) is 0 Å². The summed E-state index contributed by atoms with van der Waals surface area (Å²) in [4.78, 5) is 19.8. The number of alkyl halides is 3. The van der Waals surface area contributed by atoms with Crippen molar-refractivity contribution in [3.05, 3.63) is 59.4 Å². The molecular formula is C25H27F3N4O3S. The molecule has 2 aliphatic heterocycles. The lowest BCUT2D eigenvalue weighted by molar-refractivity contribution is -0.274. The normalized spacial score (nSPS) is 19.0. The summed E-state index contributed by atoms with van der Waals surface area (Å²) in [5, 5.41) is 5.39. The Kier molecular flexibility index (Phi) is 7.20. The predicted octanol–water partition coefficient (Wildman–Crippen LogP) is 5.86. The number of carbonyl (C=O) groups is 1. The largest absolute Gasteiger partial charge is 0.573 e. The van der Waals surface area contributed by atoms with Gasteiger partial charge in [0.05, 0.1) is 11.7 Å². The molecule has 5 rings (SSSR count). The lowest BCUT2D eigenvalue weighted by atomic mass is 10.0. The fourth-order valence-electron chi connectivity index (χ4n) is 4.87. The molecule has 2 aromatic heterocycles. The monoisotopic (exact) mass is 520 g/mol. The van der Waals surface area contributed by atoms with E-state index in [1.54, 1.807) is 12.1 Å². The number of thiazole rings is 1. The molecule has 11 heteroatoms. The van der Waals surface area contributed by atoms with Gasteiger partial charge in [-0.1, -0.05) is 0 Å². The van der Waals surface area contributed by atoms with E-state index in [2.05, 4.69) is 19.9 Å². The summed E-state index contributed by atoms with van der Waals surface area (Å²) in [6.45, 7) is 3.08. The van der Waals surface area contributed by atoms with Crippen molar-refractivity contribution >= 4 is 28.1 Å². The molecule has 0 saturated carbocycles. The maximum absolute atomic E-state index is 13.0. The highest BCUT2D eigenvalue weighted by Gasteiger charge is 2.32. The number of ether oxygens (including phenoxy) is 2. The molecule has 0 radical (unpaired) electrons. The van der Waals surface area contributed by atoms with Gasteiger partial charge in [0, 0.05) is 43.6 Å². The van der Waals surface area contributed by atoms with Gasteiger partial charge >= 0.3 is 6.36 Å². The van der Waals surface area contributed by atoms with E-state index in [0.717, 1.165) is 63.4 Å². The SMILES string of the molecule is O=C(Nc1nc([C@H]2CCCN2c2ccc(OC(F)(F)F)cc2)cs1)c1cccn1CC1CCOCC1. The maximum atomic E-state index is 13.0. The highest BCUT2D eigenvalue weighted by molar-refractivity contribution is 7.14. The first-order valence-electron chi connectivity index (χ1n) is 12.0. The van der Waals surface area contributed by atoms with Crippen LogP contribution in [0, 0.1) is 5.92 Å². The Hall–Kier alpha value is -3.05. The van der Waals surface area contributed by atoms with Crippen LogP contribution in [-0.4, -0.2) is 41.6 Å². The average Bonchev–Trinajstić information content (AvgIpc) is 3.60. The van der Waals surface area contributed by atoms with E-state index in [1.807, 2.05) is 28.3 Å². The quantitative estimate of drug-likeness (QED) is 0.423. The number of hydrogen-bond donors (Lipinski definition) is 1. The fourth-order valence-corrected chi connectivity index (χ4v) is 5.62. The summed E-state index contributed by atoms with van der Waals surface area (Å²) < 4.78 is 48.8. The summed E-state index contributed by atoms with van der Waals surface area (Å²) in [6, 6.07) is 9.57. The van der Waals surface area contributed by atoms with Crippen molar-refractivity contribution in [3.63, 3.8) is 0 Å². The van der Waals surface area contributed by atoms with Crippen LogP contribution in [0.15, 0.2) is 48.0 Å². The number of carbonyl (C=O) groups excluding carboxylic acids is 1. The third kappa shape index (κ3) is 5.84. The fraction of sp³-hybridized carbons (Fsp3) is 0.440. The van der Waals surface area contributed by atoms with Crippen LogP contribution >= 0.6 is 11.3 Å². The van der Waals surface area contributed by atoms with Crippen LogP contribution in [0.1, 0.15) is 47.9 Å². The van der Waals surface area contributed by atoms with Crippen LogP contribution in [0.5, 0.6) is 5.75 Å². The number of aromatic nitrogens is 2. The summed E-state index contributed by atoms with van der Waals surface area (Å²) in [5.74, 6) is 0.0466. The second-order valence-corrected chi connectivity index (χ2v) is 9.88. The molecule has 1 atom stereocenters. The van der Waals surface area contributed by atoms with Gasteiger partial charge in [0.15, 0.2) is 5.13 Å². The second-order valence-electron chi connectivity index (χ2n) is 9.03. The maximum Gasteiger partial charge on any atom is 0.573 e. The smallest absolute Gasteiger partial charge is 0.406 e. The number of halogens is 3. The molecule has 0 unspecified atom stereocenters. The molecule has 4 heterocycles. The summed E-state index contributed by atoms with van der Waals surface area (Å²) in [7, 11) is 0. The molecule has 1 amide bonds. The van der Waals surface area contributed by atoms with Gasteiger partial charge in [0.25, 0.3) is 5.91 Å². The van der Waals surface area contributed by atoms with Crippen LogP contribution in [-0.2, 0) is 11.3 Å². The highest BCUT2D eigenvalue weighted by atomic mass is 32.1. The Morgan fingerprint density at radius 1 is 1.17 bits per heavy atom. The van der Waals surface area contributed by atoms with Crippen LogP contribution in [0.4, 0.5) is 24.0 Å². The Labute approximate surface area is 210 Å². The molecule has 2 fully saturated rings. The van der Waals surface area contributed by atoms with Gasteiger partial charge in [-0.2, -0.15) is 0 Å². The Balaban J connectivity index is 1.23. The van der Waals surface area contributed by atoms with E-state index in [9.17, 15) is 18.0 Å². The first-order valence-corrected chi connectivity index (χ1v) is 12.9. The van der Waals surface area contributed by atoms with Crippen molar-refractivity contribution in [2.45, 2.75) is 44.6 Å². The van der Waals surface area contributed by atoms with E-state index in [1.165, 1.54) is 23.5 Å². The second kappa shape index (κ2) is 10.5. The van der Waals surface area contributed by atoms with Gasteiger partial charge in [-0.05, 0) is 68.0 Å². The number of nitrogens with zero attached hydrogens (tertiary/aromatic N) is 3. The molecule has 192 valence electrons. The third-order valence-corrected chi connectivity index (χ3v) is 7.37. The lowest BCUT2D eigenvalue weighted by Crippen LogP contribution is -2.24. The topological polar surface area (TPSA) is 68.6 Å². The Morgan fingerprint density at radius 2 is 1.94 bits per heavy atom. The summed E-state index contributed by atoms with van der Waals surface area (Å²) in [6.07, 6.45) is 0.997. The molecular weight excluding hydrogens is 493 g/mol. The molecule has 3 aromatic rings. The van der Waals surface area contributed by atoms with Gasteiger partial charge in [-0.25, -0.2) is 4.98 Å². The van der Waals surface area contributed by atoms with Crippen LogP contribution in [0.25, 0.3) is 0 Å². The Bertz CT molecular complexity index is 1170. The predicted molar refractivity (Wildman–Crippen MR) is 130 cm³/mol. The number of hydrogen-bond acceptors (Lipinski definition) is 6. The standard InChI is InChI=1S/C25H27F3N4O3S/c26-25(27,28)35-19-7-5-18(6-8-19)32-12-2-3-21(32)20-16-36-24(29-20)30-23(33)22-4-1-11-31(22)15-17-9-13-34-14-10-17/h1,4-8,11,16-17,21H,2-3,9-10,12-15H2,(H,29,30,33)/t21-/m1/s1.